The van der Waals surface area contributed by atoms with Gasteiger partial charge in [0.15, 0.2) is 12.4 Å². The summed E-state index contributed by atoms with van der Waals surface area (Å²) < 4.78 is 11.3. The molecule has 0 fully saturated rings. The second-order valence-corrected chi connectivity index (χ2v) is 5.88. The lowest BCUT2D eigenvalue weighted by molar-refractivity contribution is 0.0921. The van der Waals surface area contributed by atoms with Crippen LogP contribution in [0.4, 0.5) is 0 Å². The molecule has 0 aliphatic rings. The molecule has 0 aliphatic carbocycles. The molecule has 4 aromatic rings. The van der Waals surface area contributed by atoms with E-state index in [1.165, 1.54) is 0 Å². The fraction of sp³-hybridized carbons (Fsp3) is 0.0455. The topological polar surface area (TPSA) is 65.2 Å². The Hall–Kier alpha value is -3.73. The van der Waals surface area contributed by atoms with Crippen molar-refractivity contribution < 1.29 is 13.9 Å². The molecule has 4 rings (SSSR count). The summed E-state index contributed by atoms with van der Waals surface area (Å²) in [6.07, 6.45) is 0. The minimum Gasteiger partial charge on any atom is -0.485 e. The number of Topliss-reactive ketones (excluding diaryl/α,β-unsaturated/α-hetero) is 1. The number of carbonyl (C=O) groups is 1. The van der Waals surface area contributed by atoms with Crippen LogP contribution < -0.4 is 4.74 Å². The van der Waals surface area contributed by atoms with E-state index in [2.05, 4.69) is 10.2 Å². The van der Waals surface area contributed by atoms with E-state index in [1.54, 1.807) is 24.3 Å². The number of hydrogen-bond donors (Lipinski definition) is 0. The van der Waals surface area contributed by atoms with Crippen LogP contribution in [0.1, 0.15) is 10.4 Å². The van der Waals surface area contributed by atoms with Gasteiger partial charge in [-0.25, -0.2) is 0 Å². The average Bonchev–Trinajstić information content (AvgIpc) is 3.24. The molecule has 0 amide bonds. The van der Waals surface area contributed by atoms with Gasteiger partial charge in [0, 0.05) is 16.7 Å². The maximum Gasteiger partial charge on any atom is 0.248 e. The number of carbonyl (C=O) groups excluding carboxylic acids is 1. The van der Waals surface area contributed by atoms with Gasteiger partial charge < -0.3 is 9.15 Å². The van der Waals surface area contributed by atoms with Gasteiger partial charge in [0.2, 0.25) is 11.8 Å². The molecule has 0 spiro atoms. The van der Waals surface area contributed by atoms with Crippen LogP contribution in [0.15, 0.2) is 89.3 Å². The zero-order valence-electron chi connectivity index (χ0n) is 14.4. The monoisotopic (exact) mass is 356 g/mol. The number of rotatable bonds is 6. The number of nitrogens with zero attached hydrogens (tertiary/aromatic N) is 2. The maximum absolute atomic E-state index is 12.1. The van der Waals surface area contributed by atoms with E-state index in [9.17, 15) is 4.79 Å². The van der Waals surface area contributed by atoms with Crippen molar-refractivity contribution in [3.05, 3.63) is 90.5 Å². The van der Waals surface area contributed by atoms with Crippen molar-refractivity contribution in [1.29, 1.82) is 0 Å². The van der Waals surface area contributed by atoms with Gasteiger partial charge in [0.1, 0.15) is 5.75 Å². The Balaban J connectivity index is 1.42. The number of aromatic nitrogens is 2. The molecule has 27 heavy (non-hydrogen) atoms. The molecule has 1 aromatic heterocycles. The van der Waals surface area contributed by atoms with E-state index in [4.69, 9.17) is 9.15 Å². The number of ether oxygens (including phenoxy) is 1. The highest BCUT2D eigenvalue weighted by atomic mass is 16.5. The standard InChI is InChI=1S/C22H16N2O3/c25-20(16-7-3-1-4-8-16)15-26-19-13-11-18(12-14-19)22-24-23-21(27-22)17-9-5-2-6-10-17/h1-14H,15H2. The highest BCUT2D eigenvalue weighted by Crippen LogP contribution is 2.25. The molecule has 3 aromatic carbocycles. The van der Waals surface area contributed by atoms with Crippen LogP contribution >= 0.6 is 0 Å². The van der Waals surface area contributed by atoms with Crippen LogP contribution in [0.5, 0.6) is 5.75 Å². The van der Waals surface area contributed by atoms with Crippen molar-refractivity contribution in [3.63, 3.8) is 0 Å². The fourth-order valence-corrected chi connectivity index (χ4v) is 2.59. The zero-order chi connectivity index (χ0) is 18.5. The first kappa shape index (κ1) is 16.7. The van der Waals surface area contributed by atoms with Gasteiger partial charge in [0.05, 0.1) is 0 Å². The second kappa shape index (κ2) is 7.66. The van der Waals surface area contributed by atoms with Crippen molar-refractivity contribution in [2.75, 3.05) is 6.61 Å². The maximum atomic E-state index is 12.1. The van der Waals surface area contributed by atoms with Crippen LogP contribution in [0.25, 0.3) is 22.9 Å². The number of hydrogen-bond acceptors (Lipinski definition) is 5. The van der Waals surface area contributed by atoms with Crippen molar-refractivity contribution in [1.82, 2.24) is 10.2 Å². The second-order valence-electron chi connectivity index (χ2n) is 5.88. The Morgan fingerprint density at radius 1 is 0.741 bits per heavy atom. The van der Waals surface area contributed by atoms with E-state index in [0.29, 0.717) is 23.1 Å². The SMILES string of the molecule is O=C(COc1ccc(-c2nnc(-c3ccccc3)o2)cc1)c1ccccc1. The van der Waals surface area contributed by atoms with E-state index >= 15 is 0 Å². The molecule has 1 heterocycles. The Labute approximate surface area is 156 Å². The predicted molar refractivity (Wildman–Crippen MR) is 101 cm³/mol. The van der Waals surface area contributed by atoms with E-state index in [1.807, 2.05) is 60.7 Å². The lowest BCUT2D eigenvalue weighted by Gasteiger charge is -2.06. The van der Waals surface area contributed by atoms with Gasteiger partial charge in [-0.05, 0) is 36.4 Å². The van der Waals surface area contributed by atoms with Crippen molar-refractivity contribution in [2.24, 2.45) is 0 Å². The highest BCUT2D eigenvalue weighted by Gasteiger charge is 2.11. The molecular weight excluding hydrogens is 340 g/mol. The summed E-state index contributed by atoms with van der Waals surface area (Å²) in [6, 6.07) is 25.9. The highest BCUT2D eigenvalue weighted by molar-refractivity contribution is 5.97. The Morgan fingerprint density at radius 2 is 1.30 bits per heavy atom. The van der Waals surface area contributed by atoms with E-state index in [-0.39, 0.29) is 12.4 Å². The van der Waals surface area contributed by atoms with Gasteiger partial charge in [-0.2, -0.15) is 0 Å². The summed E-state index contributed by atoms with van der Waals surface area (Å²) in [6.45, 7) is -0.0118. The molecule has 0 atom stereocenters. The molecule has 5 nitrogen and oxygen atoms in total. The van der Waals surface area contributed by atoms with E-state index < -0.39 is 0 Å². The largest absolute Gasteiger partial charge is 0.485 e. The average molecular weight is 356 g/mol. The third kappa shape index (κ3) is 3.93. The van der Waals surface area contributed by atoms with Gasteiger partial charge in [-0.15, -0.1) is 10.2 Å². The van der Waals surface area contributed by atoms with Crippen LogP contribution in [0.2, 0.25) is 0 Å². The molecule has 5 heteroatoms. The summed E-state index contributed by atoms with van der Waals surface area (Å²) in [5, 5.41) is 8.18. The molecule has 0 bridgehead atoms. The third-order valence-electron chi connectivity index (χ3n) is 4.01. The summed E-state index contributed by atoms with van der Waals surface area (Å²) in [7, 11) is 0. The molecule has 0 saturated heterocycles. The quantitative estimate of drug-likeness (QED) is 0.470. The number of benzene rings is 3. The molecule has 0 N–H and O–H groups in total. The third-order valence-corrected chi connectivity index (χ3v) is 4.01. The van der Waals surface area contributed by atoms with E-state index in [0.717, 1.165) is 11.1 Å². The van der Waals surface area contributed by atoms with Gasteiger partial charge in [0.25, 0.3) is 0 Å². The van der Waals surface area contributed by atoms with Gasteiger partial charge in [-0.1, -0.05) is 48.5 Å². The zero-order valence-corrected chi connectivity index (χ0v) is 14.4. The Bertz CT molecular complexity index is 1030. The minimum absolute atomic E-state index is 0.0118. The first-order valence-corrected chi connectivity index (χ1v) is 8.50. The summed E-state index contributed by atoms with van der Waals surface area (Å²) in [5.41, 5.74) is 2.29. The van der Waals surface area contributed by atoms with Crippen LogP contribution in [0, 0.1) is 0 Å². The summed E-state index contributed by atoms with van der Waals surface area (Å²) in [4.78, 5) is 12.1. The molecule has 0 aliphatic heterocycles. The summed E-state index contributed by atoms with van der Waals surface area (Å²) >= 11 is 0. The Kier molecular flexibility index (Phi) is 4.74. The predicted octanol–water partition coefficient (Wildman–Crippen LogP) is 4.67. The smallest absolute Gasteiger partial charge is 0.248 e. The normalized spacial score (nSPS) is 10.5. The summed E-state index contributed by atoms with van der Waals surface area (Å²) in [5.74, 6) is 1.44. The first-order valence-electron chi connectivity index (χ1n) is 8.50. The van der Waals surface area contributed by atoms with Crippen molar-refractivity contribution in [3.8, 4) is 28.7 Å². The molecule has 132 valence electrons. The van der Waals surface area contributed by atoms with Crippen LogP contribution in [-0.2, 0) is 0 Å². The van der Waals surface area contributed by atoms with Crippen LogP contribution in [-0.4, -0.2) is 22.6 Å². The lowest BCUT2D eigenvalue weighted by Crippen LogP contribution is -2.11. The lowest BCUT2D eigenvalue weighted by atomic mass is 10.1. The van der Waals surface area contributed by atoms with Crippen molar-refractivity contribution >= 4 is 5.78 Å². The molecular formula is C22H16N2O3. The number of ketones is 1. The molecule has 0 radical (unpaired) electrons. The molecule has 0 unspecified atom stereocenters. The minimum atomic E-state index is -0.0657. The van der Waals surface area contributed by atoms with Gasteiger partial charge >= 0.3 is 0 Å². The van der Waals surface area contributed by atoms with Gasteiger partial charge in [-0.3, -0.25) is 4.79 Å². The first-order chi connectivity index (χ1) is 13.3. The molecule has 0 saturated carbocycles. The van der Waals surface area contributed by atoms with Crippen molar-refractivity contribution in [2.45, 2.75) is 0 Å². The fourth-order valence-electron chi connectivity index (χ4n) is 2.59. The Morgan fingerprint density at radius 3 is 1.93 bits per heavy atom. The van der Waals surface area contributed by atoms with Crippen LogP contribution in [0.3, 0.4) is 0 Å².